The van der Waals surface area contributed by atoms with Crippen molar-refractivity contribution in [1.29, 1.82) is 0 Å². The van der Waals surface area contributed by atoms with E-state index in [-0.39, 0.29) is 23.7 Å². The maximum atomic E-state index is 13.6. The molecule has 3 rings (SSSR count). The van der Waals surface area contributed by atoms with Crippen molar-refractivity contribution < 1.29 is 26.9 Å². The smallest absolute Gasteiger partial charge is 0.421 e. The van der Waals surface area contributed by atoms with Gasteiger partial charge in [0.1, 0.15) is 33.9 Å². The molecule has 0 spiro atoms. The molecule has 14 heteroatoms. The van der Waals surface area contributed by atoms with Crippen molar-refractivity contribution in [2.45, 2.75) is 12.7 Å². The second-order valence-electron chi connectivity index (χ2n) is 7.12. The molecular weight excluding hydrogens is 487 g/mol. The van der Waals surface area contributed by atoms with Crippen LogP contribution >= 0.6 is 0 Å². The number of amides is 1. The van der Waals surface area contributed by atoms with Crippen LogP contribution < -0.4 is 25.4 Å². The fraction of sp³-hybridized carbons (Fsp3) is 0.238. The number of hydrogen-bond acceptors (Lipinski definition) is 8. The third-order valence-electron chi connectivity index (χ3n) is 4.82. The summed E-state index contributed by atoms with van der Waals surface area (Å²) in [5, 5.41) is 5.43. The van der Waals surface area contributed by atoms with E-state index < -0.39 is 34.5 Å². The average Bonchev–Trinajstić information content (AvgIpc) is 2.81. The molecule has 0 aliphatic carbocycles. The molecule has 3 aromatic rings. The number of carbonyl (C=O) groups excluding carboxylic acids is 1. The predicted molar refractivity (Wildman–Crippen MR) is 126 cm³/mol. The number of nitrogens with two attached hydrogens (primary N) is 1. The third-order valence-corrected chi connectivity index (χ3v) is 5.77. The fourth-order valence-corrected chi connectivity index (χ4v) is 3.42. The zero-order chi connectivity index (χ0) is 25.8. The molecule has 0 fully saturated rings. The average molecular weight is 510 g/mol. The van der Waals surface area contributed by atoms with Gasteiger partial charge in [0.05, 0.1) is 12.8 Å². The Labute approximate surface area is 201 Å². The molecule has 1 aromatic carbocycles. The molecule has 2 heterocycles. The Balaban J connectivity index is 1.95. The molecule has 1 amide bonds. The normalized spacial score (nSPS) is 12.1. The predicted octanol–water partition coefficient (Wildman–Crippen LogP) is 3.08. The standard InChI is InChI=1S/C21H22F3N7O3S/c1-31(35(3)33)19-13(5-4-8-26-19)10-27-18-14(21(22,23)24)11-28-20(30-18)29-15-9-12(17(25)32)6-7-16(15)34-2/h4-9,11H,10H2,1-3H3,(H2,25,32)(H2,27,28,29,30). The highest BCUT2D eigenvalue weighted by molar-refractivity contribution is 7.85. The Hall–Kier alpha value is -3.94. The molecule has 35 heavy (non-hydrogen) atoms. The number of aromatic nitrogens is 3. The monoisotopic (exact) mass is 509 g/mol. The number of carbonyl (C=O) groups is 1. The highest BCUT2D eigenvalue weighted by Gasteiger charge is 2.35. The van der Waals surface area contributed by atoms with Crippen LogP contribution in [0.3, 0.4) is 0 Å². The highest BCUT2D eigenvalue weighted by Crippen LogP contribution is 2.35. The topological polar surface area (TPSA) is 135 Å². The molecule has 1 unspecified atom stereocenters. The first-order valence-corrected chi connectivity index (χ1v) is 11.5. The van der Waals surface area contributed by atoms with Gasteiger partial charge in [-0.3, -0.25) is 9.10 Å². The first kappa shape index (κ1) is 25.7. The van der Waals surface area contributed by atoms with E-state index in [4.69, 9.17) is 10.5 Å². The summed E-state index contributed by atoms with van der Waals surface area (Å²) in [6, 6.07) is 7.55. The van der Waals surface area contributed by atoms with Gasteiger partial charge in [-0.15, -0.1) is 0 Å². The summed E-state index contributed by atoms with van der Waals surface area (Å²) in [7, 11) is 1.55. The van der Waals surface area contributed by atoms with Crippen molar-refractivity contribution in [1.82, 2.24) is 15.0 Å². The summed E-state index contributed by atoms with van der Waals surface area (Å²) in [6.07, 6.45) is -1.15. The molecule has 0 radical (unpaired) electrons. The summed E-state index contributed by atoms with van der Waals surface area (Å²) < 4.78 is 59.4. The van der Waals surface area contributed by atoms with E-state index in [0.29, 0.717) is 23.3 Å². The van der Waals surface area contributed by atoms with Crippen molar-refractivity contribution in [2.24, 2.45) is 5.73 Å². The number of hydrogen-bond donors (Lipinski definition) is 3. The van der Waals surface area contributed by atoms with Gasteiger partial charge >= 0.3 is 6.18 Å². The van der Waals surface area contributed by atoms with E-state index in [2.05, 4.69) is 25.6 Å². The second-order valence-corrected chi connectivity index (χ2v) is 8.51. The summed E-state index contributed by atoms with van der Waals surface area (Å²) >= 11 is 0. The van der Waals surface area contributed by atoms with Gasteiger partial charge in [-0.2, -0.15) is 18.2 Å². The number of methoxy groups -OCH3 is 1. The highest BCUT2D eigenvalue weighted by atomic mass is 32.2. The second kappa shape index (κ2) is 10.5. The number of benzene rings is 1. The van der Waals surface area contributed by atoms with Crippen LogP contribution in [-0.2, 0) is 23.7 Å². The summed E-state index contributed by atoms with van der Waals surface area (Å²) in [5.74, 6) is -0.733. The van der Waals surface area contributed by atoms with Gasteiger partial charge in [0, 0.05) is 43.4 Å². The van der Waals surface area contributed by atoms with Crippen molar-refractivity contribution in [3.8, 4) is 5.75 Å². The molecule has 0 aliphatic heterocycles. The first-order chi connectivity index (χ1) is 16.5. The number of primary amides is 1. The van der Waals surface area contributed by atoms with E-state index in [0.717, 1.165) is 0 Å². The number of alkyl halides is 3. The van der Waals surface area contributed by atoms with Crippen LogP contribution in [0.15, 0.2) is 42.7 Å². The molecule has 0 bridgehead atoms. The van der Waals surface area contributed by atoms with E-state index in [1.54, 1.807) is 19.2 Å². The third kappa shape index (κ3) is 6.15. The Bertz CT molecular complexity index is 1260. The van der Waals surface area contributed by atoms with Crippen LogP contribution in [0.4, 0.5) is 36.4 Å². The van der Waals surface area contributed by atoms with E-state index in [1.165, 1.54) is 42.1 Å². The number of nitrogens with zero attached hydrogens (tertiary/aromatic N) is 4. The van der Waals surface area contributed by atoms with Crippen molar-refractivity contribution >= 4 is 40.2 Å². The molecule has 0 saturated carbocycles. The van der Waals surface area contributed by atoms with Gasteiger partial charge < -0.3 is 21.1 Å². The molecular formula is C21H22F3N7O3S. The maximum Gasteiger partial charge on any atom is 0.421 e. The lowest BCUT2D eigenvalue weighted by atomic mass is 10.2. The largest absolute Gasteiger partial charge is 0.495 e. The molecule has 10 nitrogen and oxygen atoms in total. The summed E-state index contributed by atoms with van der Waals surface area (Å²) in [5.41, 5.74) is 5.11. The number of pyridine rings is 1. The van der Waals surface area contributed by atoms with Gasteiger partial charge in [0.2, 0.25) is 11.9 Å². The molecule has 2 aromatic heterocycles. The Morgan fingerprint density at radius 3 is 2.63 bits per heavy atom. The van der Waals surface area contributed by atoms with Crippen molar-refractivity contribution in [3.05, 3.63) is 59.4 Å². The fourth-order valence-electron chi connectivity index (χ4n) is 3.02. The Morgan fingerprint density at radius 1 is 1.26 bits per heavy atom. The SMILES string of the molecule is COc1ccc(C(N)=O)cc1Nc1ncc(C(F)(F)F)c(NCc2cccnc2N(C)S(C)=O)n1. The van der Waals surface area contributed by atoms with Crippen LogP contribution in [0.25, 0.3) is 0 Å². The Kier molecular flexibility index (Phi) is 7.74. The minimum Gasteiger partial charge on any atom is -0.495 e. The first-order valence-electron chi connectivity index (χ1n) is 9.95. The van der Waals surface area contributed by atoms with Gasteiger partial charge in [-0.25, -0.2) is 14.2 Å². The zero-order valence-corrected chi connectivity index (χ0v) is 19.7. The van der Waals surface area contributed by atoms with Crippen LogP contribution in [0, 0.1) is 0 Å². The molecule has 4 N–H and O–H groups in total. The number of rotatable bonds is 9. The molecule has 0 saturated heterocycles. The van der Waals surface area contributed by atoms with Crippen molar-refractivity contribution in [3.63, 3.8) is 0 Å². The van der Waals surface area contributed by atoms with E-state index in [9.17, 15) is 22.2 Å². The minimum atomic E-state index is -4.73. The minimum absolute atomic E-state index is 0.0925. The van der Waals surface area contributed by atoms with Gasteiger partial charge in [0.15, 0.2) is 0 Å². The van der Waals surface area contributed by atoms with Gasteiger partial charge in [-0.05, 0) is 24.3 Å². The quantitative estimate of drug-likeness (QED) is 0.401. The van der Waals surface area contributed by atoms with Gasteiger partial charge in [0.25, 0.3) is 0 Å². The van der Waals surface area contributed by atoms with Crippen LogP contribution in [0.2, 0.25) is 0 Å². The Morgan fingerprint density at radius 2 is 2.00 bits per heavy atom. The van der Waals surface area contributed by atoms with Crippen LogP contribution in [0.5, 0.6) is 5.75 Å². The molecule has 1 atom stereocenters. The summed E-state index contributed by atoms with van der Waals surface area (Å²) in [6.45, 7) is -0.0925. The number of anilines is 4. The maximum absolute atomic E-state index is 13.6. The lowest BCUT2D eigenvalue weighted by Gasteiger charge is -2.19. The number of ether oxygens (including phenoxy) is 1. The lowest BCUT2D eigenvalue weighted by molar-refractivity contribution is -0.137. The lowest BCUT2D eigenvalue weighted by Crippen LogP contribution is -2.22. The molecule has 186 valence electrons. The zero-order valence-electron chi connectivity index (χ0n) is 18.9. The summed E-state index contributed by atoms with van der Waals surface area (Å²) in [4.78, 5) is 23.4. The van der Waals surface area contributed by atoms with Gasteiger partial charge in [-0.1, -0.05) is 6.07 Å². The molecule has 0 aliphatic rings. The van der Waals surface area contributed by atoms with E-state index in [1.807, 2.05) is 0 Å². The van der Waals surface area contributed by atoms with Crippen molar-refractivity contribution in [2.75, 3.05) is 35.4 Å². The van der Waals surface area contributed by atoms with E-state index >= 15 is 0 Å². The van der Waals surface area contributed by atoms with Crippen LogP contribution in [0.1, 0.15) is 21.5 Å². The van der Waals surface area contributed by atoms with Crippen LogP contribution in [-0.4, -0.2) is 45.5 Å². The number of halogens is 3. The number of nitrogens with one attached hydrogen (secondary N) is 2.